The number of nitrogens with zero attached hydrogens (tertiary/aromatic N) is 1. The van der Waals surface area contributed by atoms with Gasteiger partial charge in [0.05, 0.1) is 11.4 Å². The zero-order chi connectivity index (χ0) is 12.3. The molecule has 0 spiro atoms. The van der Waals surface area contributed by atoms with Crippen LogP contribution in [0, 0.1) is 0 Å². The molecule has 1 saturated carbocycles. The fourth-order valence-corrected chi connectivity index (χ4v) is 3.37. The Morgan fingerprint density at radius 3 is 2.71 bits per heavy atom. The molecule has 0 N–H and O–H groups in total. The summed E-state index contributed by atoms with van der Waals surface area (Å²) in [5.41, 5.74) is 0. The van der Waals surface area contributed by atoms with E-state index in [1.807, 2.05) is 6.07 Å². The number of hydrogen-bond donors (Lipinski definition) is 0. The first kappa shape index (κ1) is 12.8. The molecule has 0 radical (unpaired) electrons. The maximum absolute atomic E-state index is 12.1. The molecule has 0 bridgehead atoms. The van der Waals surface area contributed by atoms with Crippen LogP contribution in [0.15, 0.2) is 12.1 Å². The Kier molecular flexibility index (Phi) is 4.35. The molecule has 0 atom stereocenters. The number of thiophene rings is 1. The van der Waals surface area contributed by atoms with E-state index in [1.54, 1.807) is 11.3 Å². The first-order valence-electron chi connectivity index (χ1n) is 6.53. The standard InChI is InChI=1S/C14H21NOS/c1-3-12-8-9-14(17-12)13(16)10-15(2)11-6-4-5-7-11/h8-9,11H,3-7,10H2,1-2H3. The number of carbonyl (C=O) groups excluding carboxylic acids is 1. The first-order valence-corrected chi connectivity index (χ1v) is 7.34. The highest BCUT2D eigenvalue weighted by atomic mass is 32.1. The van der Waals surface area contributed by atoms with Crippen molar-refractivity contribution < 1.29 is 4.79 Å². The van der Waals surface area contributed by atoms with Gasteiger partial charge in [0.25, 0.3) is 0 Å². The number of rotatable bonds is 5. The fraction of sp³-hybridized carbons (Fsp3) is 0.643. The van der Waals surface area contributed by atoms with Crippen LogP contribution in [-0.2, 0) is 6.42 Å². The van der Waals surface area contributed by atoms with Gasteiger partial charge >= 0.3 is 0 Å². The monoisotopic (exact) mass is 251 g/mol. The van der Waals surface area contributed by atoms with Gasteiger partial charge in [0.1, 0.15) is 0 Å². The topological polar surface area (TPSA) is 20.3 Å². The van der Waals surface area contributed by atoms with Gasteiger partial charge in [-0.05, 0) is 38.4 Å². The van der Waals surface area contributed by atoms with Gasteiger partial charge in [0, 0.05) is 10.9 Å². The van der Waals surface area contributed by atoms with Crippen molar-refractivity contribution in [2.75, 3.05) is 13.6 Å². The van der Waals surface area contributed by atoms with Crippen molar-refractivity contribution in [1.82, 2.24) is 4.90 Å². The molecular formula is C14H21NOS. The van der Waals surface area contributed by atoms with Crippen molar-refractivity contribution in [1.29, 1.82) is 0 Å². The van der Waals surface area contributed by atoms with Crippen molar-refractivity contribution in [2.45, 2.75) is 45.1 Å². The molecule has 1 aliphatic carbocycles. The predicted octanol–water partition coefficient (Wildman–Crippen LogP) is 3.37. The van der Waals surface area contributed by atoms with Gasteiger partial charge in [-0.2, -0.15) is 0 Å². The second-order valence-corrected chi connectivity index (χ2v) is 6.06. The summed E-state index contributed by atoms with van der Waals surface area (Å²) < 4.78 is 0. The van der Waals surface area contributed by atoms with Gasteiger partial charge in [-0.25, -0.2) is 0 Å². The summed E-state index contributed by atoms with van der Waals surface area (Å²) in [4.78, 5) is 16.6. The summed E-state index contributed by atoms with van der Waals surface area (Å²) in [6, 6.07) is 4.69. The summed E-state index contributed by atoms with van der Waals surface area (Å²) in [5, 5.41) is 0. The summed E-state index contributed by atoms with van der Waals surface area (Å²) >= 11 is 1.65. The number of aryl methyl sites for hydroxylation is 1. The molecule has 2 rings (SSSR count). The van der Waals surface area contributed by atoms with E-state index in [2.05, 4.69) is 24.9 Å². The number of Topliss-reactive ketones (excluding diaryl/α,β-unsaturated/α-hetero) is 1. The zero-order valence-electron chi connectivity index (χ0n) is 10.7. The fourth-order valence-electron chi connectivity index (χ4n) is 2.50. The average molecular weight is 251 g/mol. The molecule has 0 aromatic carbocycles. The Bertz CT molecular complexity index is 379. The second-order valence-electron chi connectivity index (χ2n) is 4.90. The maximum atomic E-state index is 12.1. The van der Waals surface area contributed by atoms with E-state index in [9.17, 15) is 4.79 Å². The van der Waals surface area contributed by atoms with Gasteiger partial charge < -0.3 is 0 Å². The summed E-state index contributed by atoms with van der Waals surface area (Å²) in [6.45, 7) is 2.71. The zero-order valence-corrected chi connectivity index (χ0v) is 11.6. The smallest absolute Gasteiger partial charge is 0.186 e. The Hall–Kier alpha value is -0.670. The number of ketones is 1. The highest BCUT2D eigenvalue weighted by Crippen LogP contribution is 2.23. The van der Waals surface area contributed by atoms with E-state index in [0.29, 0.717) is 12.6 Å². The van der Waals surface area contributed by atoms with Crippen LogP contribution in [-0.4, -0.2) is 30.3 Å². The lowest BCUT2D eigenvalue weighted by atomic mass is 10.2. The predicted molar refractivity (Wildman–Crippen MR) is 72.9 cm³/mol. The first-order chi connectivity index (χ1) is 8.20. The molecule has 1 aromatic rings. The Morgan fingerprint density at radius 1 is 1.41 bits per heavy atom. The third-order valence-corrected chi connectivity index (χ3v) is 4.90. The summed E-state index contributed by atoms with van der Waals surface area (Å²) in [5.74, 6) is 0.282. The summed E-state index contributed by atoms with van der Waals surface area (Å²) in [6.07, 6.45) is 6.18. The van der Waals surface area contributed by atoms with Gasteiger partial charge in [-0.3, -0.25) is 9.69 Å². The quantitative estimate of drug-likeness (QED) is 0.748. The van der Waals surface area contributed by atoms with Crippen LogP contribution < -0.4 is 0 Å². The molecule has 1 heterocycles. The minimum absolute atomic E-state index is 0.282. The third-order valence-electron chi connectivity index (χ3n) is 3.63. The van der Waals surface area contributed by atoms with Crippen LogP contribution in [0.4, 0.5) is 0 Å². The van der Waals surface area contributed by atoms with Crippen LogP contribution in [0.2, 0.25) is 0 Å². The second kappa shape index (κ2) is 5.78. The highest BCUT2D eigenvalue weighted by molar-refractivity contribution is 7.14. The van der Waals surface area contributed by atoms with E-state index < -0.39 is 0 Å². The van der Waals surface area contributed by atoms with Gasteiger partial charge in [-0.15, -0.1) is 11.3 Å². The third kappa shape index (κ3) is 3.17. The molecule has 0 unspecified atom stereocenters. The van der Waals surface area contributed by atoms with E-state index >= 15 is 0 Å². The minimum Gasteiger partial charge on any atom is -0.296 e. The van der Waals surface area contributed by atoms with E-state index in [4.69, 9.17) is 0 Å². The molecule has 17 heavy (non-hydrogen) atoms. The molecule has 1 aromatic heterocycles. The van der Waals surface area contributed by atoms with Gasteiger partial charge in [0.15, 0.2) is 5.78 Å². The number of carbonyl (C=O) groups is 1. The molecule has 1 fully saturated rings. The van der Waals surface area contributed by atoms with Crippen molar-refractivity contribution in [2.24, 2.45) is 0 Å². The lowest BCUT2D eigenvalue weighted by Gasteiger charge is -2.22. The van der Waals surface area contributed by atoms with Crippen molar-refractivity contribution in [3.63, 3.8) is 0 Å². The van der Waals surface area contributed by atoms with Crippen LogP contribution in [0.5, 0.6) is 0 Å². The van der Waals surface area contributed by atoms with Crippen molar-refractivity contribution in [3.8, 4) is 0 Å². The van der Waals surface area contributed by atoms with E-state index in [-0.39, 0.29) is 5.78 Å². The molecule has 94 valence electrons. The maximum Gasteiger partial charge on any atom is 0.186 e. The molecule has 2 nitrogen and oxygen atoms in total. The van der Waals surface area contributed by atoms with Crippen LogP contribution >= 0.6 is 11.3 Å². The van der Waals surface area contributed by atoms with Crippen LogP contribution in [0.25, 0.3) is 0 Å². The van der Waals surface area contributed by atoms with Crippen molar-refractivity contribution >= 4 is 17.1 Å². The normalized spacial score (nSPS) is 16.9. The van der Waals surface area contributed by atoms with E-state index in [1.165, 1.54) is 30.6 Å². The lowest BCUT2D eigenvalue weighted by molar-refractivity contribution is 0.0925. The summed E-state index contributed by atoms with van der Waals surface area (Å²) in [7, 11) is 2.09. The number of hydrogen-bond acceptors (Lipinski definition) is 3. The molecule has 0 aliphatic heterocycles. The van der Waals surface area contributed by atoms with Crippen LogP contribution in [0.1, 0.15) is 47.2 Å². The molecular weight excluding hydrogens is 230 g/mol. The Morgan fingerprint density at radius 2 is 2.12 bits per heavy atom. The lowest BCUT2D eigenvalue weighted by Crippen LogP contribution is -2.33. The Balaban J connectivity index is 1.91. The number of likely N-dealkylation sites (N-methyl/N-ethyl adjacent to an activating group) is 1. The molecule has 0 saturated heterocycles. The highest BCUT2D eigenvalue weighted by Gasteiger charge is 2.22. The largest absolute Gasteiger partial charge is 0.296 e. The molecule has 3 heteroatoms. The van der Waals surface area contributed by atoms with Gasteiger partial charge in [0.2, 0.25) is 0 Å². The SMILES string of the molecule is CCc1ccc(C(=O)CN(C)C2CCCC2)s1. The van der Waals surface area contributed by atoms with E-state index in [0.717, 1.165) is 11.3 Å². The molecule has 1 aliphatic rings. The van der Waals surface area contributed by atoms with Crippen molar-refractivity contribution in [3.05, 3.63) is 21.9 Å². The van der Waals surface area contributed by atoms with Gasteiger partial charge in [-0.1, -0.05) is 19.8 Å². The Labute approximate surface area is 108 Å². The average Bonchev–Trinajstić information content (AvgIpc) is 3.00. The van der Waals surface area contributed by atoms with Crippen LogP contribution in [0.3, 0.4) is 0 Å². The minimum atomic E-state index is 0.282. The molecule has 0 amide bonds.